The van der Waals surface area contributed by atoms with Crippen LogP contribution in [0.25, 0.3) is 6.08 Å². The number of carboxylic acid groups (broad SMARTS) is 1. The molecule has 3 rings (SSSR count). The lowest BCUT2D eigenvalue weighted by Crippen LogP contribution is -2.27. The molecule has 0 unspecified atom stereocenters. The first-order valence-electron chi connectivity index (χ1n) is 8.08. The number of thiocarbonyl (C=S) groups is 1. The molecule has 0 bridgehead atoms. The highest BCUT2D eigenvalue weighted by atomic mass is 32.2. The van der Waals surface area contributed by atoms with E-state index < -0.39 is 5.97 Å². The van der Waals surface area contributed by atoms with Gasteiger partial charge in [0.1, 0.15) is 0 Å². The Morgan fingerprint density at radius 2 is 1.73 bits per heavy atom. The van der Waals surface area contributed by atoms with Crippen LogP contribution in [-0.2, 0) is 4.79 Å². The van der Waals surface area contributed by atoms with Crippen molar-refractivity contribution in [3.63, 3.8) is 0 Å². The van der Waals surface area contributed by atoms with Gasteiger partial charge in [-0.25, -0.2) is 4.79 Å². The summed E-state index contributed by atoms with van der Waals surface area (Å²) in [5.41, 5.74) is 2.92. The molecule has 132 valence electrons. The molecule has 0 aliphatic carbocycles. The van der Waals surface area contributed by atoms with Gasteiger partial charge in [0.2, 0.25) is 0 Å². The van der Waals surface area contributed by atoms with Crippen molar-refractivity contribution in [2.45, 2.75) is 19.8 Å². The van der Waals surface area contributed by atoms with Crippen molar-refractivity contribution in [1.29, 1.82) is 0 Å². The van der Waals surface area contributed by atoms with E-state index in [1.54, 1.807) is 12.1 Å². The normalized spacial score (nSPS) is 16.0. The van der Waals surface area contributed by atoms with Crippen molar-refractivity contribution >= 4 is 51.9 Å². The van der Waals surface area contributed by atoms with E-state index in [1.165, 1.54) is 34.4 Å². The maximum atomic E-state index is 12.7. The van der Waals surface area contributed by atoms with Crippen molar-refractivity contribution in [2.24, 2.45) is 0 Å². The summed E-state index contributed by atoms with van der Waals surface area (Å²) in [4.78, 5) is 25.7. The van der Waals surface area contributed by atoms with Crippen molar-refractivity contribution in [3.8, 4) is 0 Å². The van der Waals surface area contributed by atoms with Crippen molar-refractivity contribution in [1.82, 2.24) is 0 Å². The van der Waals surface area contributed by atoms with Gasteiger partial charge in [-0.1, -0.05) is 62.1 Å². The minimum absolute atomic E-state index is 0.167. The lowest BCUT2D eigenvalue weighted by Gasteiger charge is -2.14. The van der Waals surface area contributed by atoms with Gasteiger partial charge in [-0.2, -0.15) is 0 Å². The summed E-state index contributed by atoms with van der Waals surface area (Å²) in [7, 11) is 0. The van der Waals surface area contributed by atoms with Crippen LogP contribution >= 0.6 is 24.0 Å². The van der Waals surface area contributed by atoms with E-state index in [2.05, 4.69) is 26.0 Å². The number of carbonyl (C=O) groups is 2. The lowest BCUT2D eigenvalue weighted by atomic mass is 10.0. The Kier molecular flexibility index (Phi) is 5.25. The van der Waals surface area contributed by atoms with Crippen LogP contribution < -0.4 is 4.90 Å². The second-order valence-corrected chi connectivity index (χ2v) is 7.87. The summed E-state index contributed by atoms with van der Waals surface area (Å²) >= 11 is 6.59. The molecule has 1 aliphatic heterocycles. The summed E-state index contributed by atoms with van der Waals surface area (Å²) in [6.45, 7) is 4.27. The van der Waals surface area contributed by atoms with Crippen molar-refractivity contribution < 1.29 is 14.7 Å². The maximum absolute atomic E-state index is 12.7. The average molecular weight is 383 g/mol. The number of benzene rings is 2. The van der Waals surface area contributed by atoms with Gasteiger partial charge < -0.3 is 5.11 Å². The zero-order valence-electron chi connectivity index (χ0n) is 14.3. The third-order valence-electron chi connectivity index (χ3n) is 4.07. The minimum atomic E-state index is -1.01. The summed E-state index contributed by atoms with van der Waals surface area (Å²) < 4.78 is 0.433. The molecule has 1 fully saturated rings. The number of thioether (sulfide) groups is 1. The van der Waals surface area contributed by atoms with E-state index >= 15 is 0 Å². The molecule has 0 spiro atoms. The Bertz CT molecular complexity index is 900. The van der Waals surface area contributed by atoms with E-state index in [0.29, 0.717) is 20.8 Å². The fourth-order valence-electron chi connectivity index (χ4n) is 2.57. The predicted octanol–water partition coefficient (Wildman–Crippen LogP) is 4.91. The summed E-state index contributed by atoms with van der Waals surface area (Å²) in [6.07, 6.45) is 1.83. The molecule has 0 atom stereocenters. The van der Waals surface area contributed by atoms with Gasteiger partial charge >= 0.3 is 5.97 Å². The minimum Gasteiger partial charge on any atom is -0.478 e. The fraction of sp³-hybridized carbons (Fsp3) is 0.150. The highest BCUT2D eigenvalue weighted by Gasteiger charge is 2.33. The van der Waals surface area contributed by atoms with E-state index in [4.69, 9.17) is 17.3 Å². The van der Waals surface area contributed by atoms with Gasteiger partial charge in [0, 0.05) is 0 Å². The van der Waals surface area contributed by atoms with E-state index in [1.807, 2.05) is 18.2 Å². The SMILES string of the molecule is CC(C)c1ccc(/C=C2\SC(=S)N(c3ccc(C(=O)O)cc3)C2=O)cc1. The van der Waals surface area contributed by atoms with Crippen LogP contribution in [0.5, 0.6) is 0 Å². The number of aromatic carboxylic acids is 1. The third kappa shape index (κ3) is 3.71. The van der Waals surface area contributed by atoms with Crippen LogP contribution in [0.2, 0.25) is 0 Å². The van der Waals surface area contributed by atoms with Gasteiger partial charge in [-0.15, -0.1) is 0 Å². The van der Waals surface area contributed by atoms with E-state index in [9.17, 15) is 9.59 Å². The van der Waals surface area contributed by atoms with Gasteiger partial charge in [0.05, 0.1) is 16.2 Å². The number of carbonyl (C=O) groups excluding carboxylic acids is 1. The fourth-order valence-corrected chi connectivity index (χ4v) is 3.87. The van der Waals surface area contributed by atoms with Crippen LogP contribution in [0, 0.1) is 0 Å². The maximum Gasteiger partial charge on any atom is 0.335 e. The smallest absolute Gasteiger partial charge is 0.335 e. The molecule has 1 N–H and O–H groups in total. The van der Waals surface area contributed by atoms with Crippen LogP contribution in [0.4, 0.5) is 5.69 Å². The Labute approximate surface area is 161 Å². The highest BCUT2D eigenvalue weighted by molar-refractivity contribution is 8.27. The quantitative estimate of drug-likeness (QED) is 0.600. The number of hydrogen-bond donors (Lipinski definition) is 1. The van der Waals surface area contributed by atoms with Gasteiger partial charge in [0.15, 0.2) is 4.32 Å². The molecule has 26 heavy (non-hydrogen) atoms. The van der Waals surface area contributed by atoms with Crippen LogP contribution in [0.1, 0.15) is 41.3 Å². The largest absolute Gasteiger partial charge is 0.478 e. The van der Waals surface area contributed by atoms with Gasteiger partial charge in [0.25, 0.3) is 5.91 Å². The number of nitrogens with zero attached hydrogens (tertiary/aromatic N) is 1. The predicted molar refractivity (Wildman–Crippen MR) is 110 cm³/mol. The zero-order valence-corrected chi connectivity index (χ0v) is 15.9. The van der Waals surface area contributed by atoms with E-state index in [-0.39, 0.29) is 11.5 Å². The number of anilines is 1. The average Bonchev–Trinajstić information content (AvgIpc) is 2.89. The van der Waals surface area contributed by atoms with Crippen LogP contribution in [0.3, 0.4) is 0 Å². The highest BCUT2D eigenvalue weighted by Crippen LogP contribution is 2.36. The molecule has 4 nitrogen and oxygen atoms in total. The second-order valence-electron chi connectivity index (χ2n) is 6.19. The number of rotatable bonds is 4. The molecule has 1 heterocycles. The molecular weight excluding hydrogens is 366 g/mol. The van der Waals surface area contributed by atoms with Gasteiger partial charge in [-0.05, 0) is 47.4 Å². The molecule has 2 aromatic carbocycles. The first-order chi connectivity index (χ1) is 12.4. The number of carboxylic acids is 1. The molecule has 2 aromatic rings. The Hall–Kier alpha value is -2.44. The van der Waals surface area contributed by atoms with Crippen molar-refractivity contribution in [3.05, 3.63) is 70.1 Å². The molecule has 1 saturated heterocycles. The van der Waals surface area contributed by atoms with Crippen LogP contribution in [-0.4, -0.2) is 21.3 Å². The topological polar surface area (TPSA) is 57.6 Å². The standard InChI is InChI=1S/C20H17NO3S2/c1-12(2)14-5-3-13(4-6-14)11-17-18(22)21(20(25)26-17)16-9-7-15(8-10-16)19(23)24/h3-12H,1-2H3,(H,23,24)/b17-11-. The molecule has 0 aromatic heterocycles. The molecular formula is C20H17NO3S2. The van der Waals surface area contributed by atoms with Gasteiger partial charge in [-0.3, -0.25) is 9.69 Å². The molecule has 1 amide bonds. The summed E-state index contributed by atoms with van der Waals surface area (Å²) in [5.74, 6) is -0.751. The number of hydrogen-bond acceptors (Lipinski definition) is 4. The molecule has 0 saturated carbocycles. The Morgan fingerprint density at radius 1 is 1.12 bits per heavy atom. The molecule has 1 aliphatic rings. The monoisotopic (exact) mass is 383 g/mol. The Morgan fingerprint density at radius 3 is 2.27 bits per heavy atom. The molecule has 0 radical (unpaired) electrons. The number of amides is 1. The summed E-state index contributed by atoms with van der Waals surface area (Å²) in [6, 6.07) is 14.2. The first-order valence-corrected chi connectivity index (χ1v) is 9.30. The summed E-state index contributed by atoms with van der Waals surface area (Å²) in [5, 5.41) is 8.99. The van der Waals surface area contributed by atoms with E-state index in [0.717, 1.165) is 5.56 Å². The Balaban J connectivity index is 1.85. The zero-order chi connectivity index (χ0) is 18.8. The van der Waals surface area contributed by atoms with Crippen LogP contribution in [0.15, 0.2) is 53.4 Å². The lowest BCUT2D eigenvalue weighted by molar-refractivity contribution is -0.113. The second kappa shape index (κ2) is 7.43. The first kappa shape index (κ1) is 18.4. The third-order valence-corrected chi connectivity index (χ3v) is 5.37. The van der Waals surface area contributed by atoms with Crippen molar-refractivity contribution in [2.75, 3.05) is 4.90 Å². The molecule has 6 heteroatoms.